The van der Waals surface area contributed by atoms with Crippen LogP contribution in [0.1, 0.15) is 45.7 Å². The molecule has 1 saturated heterocycles. The third-order valence-electron chi connectivity index (χ3n) is 5.54. The van der Waals surface area contributed by atoms with Gasteiger partial charge in [-0.2, -0.15) is 0 Å². The van der Waals surface area contributed by atoms with E-state index in [1.807, 2.05) is 30.0 Å². The Labute approximate surface area is 165 Å². The molecule has 0 saturated carbocycles. The minimum atomic E-state index is 0.00639. The van der Waals surface area contributed by atoms with Gasteiger partial charge >= 0.3 is 0 Å². The first-order valence-electron chi connectivity index (χ1n) is 9.93. The number of carbonyl (C=O) groups excluding carboxylic acids is 1. The van der Waals surface area contributed by atoms with Crippen molar-refractivity contribution in [2.24, 2.45) is 0 Å². The average Bonchev–Trinajstić information content (AvgIpc) is 3.30. The first kappa shape index (κ1) is 18.7. The first-order chi connectivity index (χ1) is 13.5. The molecule has 0 bridgehead atoms. The molecule has 3 aromatic rings. The van der Waals surface area contributed by atoms with Crippen molar-refractivity contribution >= 4 is 16.8 Å². The molecule has 1 aliphatic heterocycles. The highest BCUT2D eigenvalue weighted by Crippen LogP contribution is 2.27. The number of nitrogens with zero attached hydrogens (tertiary/aromatic N) is 2. The van der Waals surface area contributed by atoms with E-state index in [0.29, 0.717) is 18.8 Å². The largest absolute Gasteiger partial charge is 0.376 e. The van der Waals surface area contributed by atoms with Crippen molar-refractivity contribution < 1.29 is 9.53 Å². The molecule has 0 spiro atoms. The van der Waals surface area contributed by atoms with Gasteiger partial charge in [0.05, 0.1) is 18.3 Å². The number of aromatic nitrogens is 2. The number of carbonyl (C=O) groups is 1. The van der Waals surface area contributed by atoms with Gasteiger partial charge in [-0.3, -0.25) is 9.78 Å². The van der Waals surface area contributed by atoms with E-state index >= 15 is 0 Å². The number of H-pyrrole nitrogens is 1. The lowest BCUT2D eigenvalue weighted by atomic mass is 10.1. The molecule has 1 amide bonds. The van der Waals surface area contributed by atoms with Crippen molar-refractivity contribution in [3.05, 3.63) is 64.6 Å². The molecule has 2 aromatic heterocycles. The normalized spacial score (nSPS) is 16.6. The fourth-order valence-electron chi connectivity index (χ4n) is 4.10. The number of aromatic amines is 1. The highest BCUT2D eigenvalue weighted by Gasteiger charge is 2.26. The van der Waals surface area contributed by atoms with Crippen molar-refractivity contribution in [1.29, 1.82) is 0 Å². The van der Waals surface area contributed by atoms with Crippen molar-refractivity contribution in [2.45, 2.75) is 46.3 Å². The van der Waals surface area contributed by atoms with Crippen LogP contribution >= 0.6 is 0 Å². The quantitative estimate of drug-likeness (QED) is 0.721. The molecule has 1 aromatic carbocycles. The van der Waals surface area contributed by atoms with E-state index in [9.17, 15) is 4.79 Å². The number of amides is 1. The molecule has 1 aliphatic rings. The molecular formula is C23H27N3O2. The Morgan fingerprint density at radius 3 is 2.86 bits per heavy atom. The van der Waals surface area contributed by atoms with E-state index < -0.39 is 0 Å². The van der Waals surface area contributed by atoms with Crippen LogP contribution in [0.3, 0.4) is 0 Å². The first-order valence-corrected chi connectivity index (χ1v) is 9.93. The summed E-state index contributed by atoms with van der Waals surface area (Å²) in [5, 5.41) is 1.12. The highest BCUT2D eigenvalue weighted by molar-refractivity contribution is 6.01. The number of benzene rings is 1. The second-order valence-corrected chi connectivity index (χ2v) is 7.77. The van der Waals surface area contributed by atoms with Crippen LogP contribution in [0.25, 0.3) is 10.9 Å². The second kappa shape index (κ2) is 7.76. The summed E-state index contributed by atoms with van der Waals surface area (Å²) < 4.78 is 5.81. The molecule has 1 fully saturated rings. The van der Waals surface area contributed by atoms with Crippen LogP contribution < -0.4 is 0 Å². The van der Waals surface area contributed by atoms with Gasteiger partial charge in [-0.25, -0.2) is 0 Å². The van der Waals surface area contributed by atoms with Crippen molar-refractivity contribution in [3.63, 3.8) is 0 Å². The second-order valence-electron chi connectivity index (χ2n) is 7.77. The van der Waals surface area contributed by atoms with Gasteiger partial charge in [0, 0.05) is 30.3 Å². The van der Waals surface area contributed by atoms with Gasteiger partial charge in [0.2, 0.25) is 0 Å². The molecule has 4 rings (SSSR count). The molecule has 1 N–H and O–H groups in total. The topological polar surface area (TPSA) is 58.2 Å². The lowest BCUT2D eigenvalue weighted by Crippen LogP contribution is -2.37. The van der Waals surface area contributed by atoms with Gasteiger partial charge in [0.15, 0.2) is 0 Å². The Morgan fingerprint density at radius 2 is 2.14 bits per heavy atom. The van der Waals surface area contributed by atoms with Crippen LogP contribution in [-0.4, -0.2) is 40.0 Å². The smallest absolute Gasteiger partial charge is 0.271 e. The Bertz CT molecular complexity index is 988. The van der Waals surface area contributed by atoms with E-state index in [1.165, 1.54) is 5.56 Å². The third kappa shape index (κ3) is 3.67. The molecule has 3 heterocycles. The summed E-state index contributed by atoms with van der Waals surface area (Å²) in [4.78, 5) is 23.2. The molecule has 0 radical (unpaired) electrons. The van der Waals surface area contributed by atoms with Crippen LogP contribution in [-0.2, 0) is 11.3 Å². The zero-order valence-electron chi connectivity index (χ0n) is 16.8. The fraction of sp³-hybridized carbons (Fsp3) is 0.391. The minimum absolute atomic E-state index is 0.00639. The summed E-state index contributed by atoms with van der Waals surface area (Å²) in [6.45, 7) is 8.04. The van der Waals surface area contributed by atoms with Gasteiger partial charge < -0.3 is 14.6 Å². The number of pyridine rings is 1. The highest BCUT2D eigenvalue weighted by atomic mass is 16.5. The summed E-state index contributed by atoms with van der Waals surface area (Å²) in [5.41, 5.74) is 5.96. The number of nitrogens with one attached hydrogen (secondary N) is 1. The minimum Gasteiger partial charge on any atom is -0.376 e. The maximum absolute atomic E-state index is 13.5. The molecule has 146 valence electrons. The number of aryl methyl sites for hydroxylation is 3. The number of hydrogen-bond donors (Lipinski definition) is 1. The van der Waals surface area contributed by atoms with Gasteiger partial charge in [-0.05, 0) is 62.9 Å². The van der Waals surface area contributed by atoms with Crippen molar-refractivity contribution in [3.8, 4) is 0 Å². The fourth-order valence-corrected chi connectivity index (χ4v) is 4.10. The standard InChI is InChI=1S/C23H27N3O2/c1-15-11-16(2)21-20(12-15)17(3)22(25-21)23(27)26(14-19-8-6-10-28-19)13-18-7-4-5-9-24-18/h4-5,7,9,11-12,19,25H,6,8,10,13-14H2,1-3H3. The summed E-state index contributed by atoms with van der Waals surface area (Å²) in [6.07, 6.45) is 3.92. The molecule has 5 nitrogen and oxygen atoms in total. The summed E-state index contributed by atoms with van der Waals surface area (Å²) >= 11 is 0. The van der Waals surface area contributed by atoms with E-state index in [1.54, 1.807) is 6.20 Å². The Balaban J connectivity index is 1.69. The number of rotatable bonds is 5. The molecule has 0 aliphatic carbocycles. The van der Waals surface area contributed by atoms with E-state index in [4.69, 9.17) is 4.74 Å². The average molecular weight is 377 g/mol. The molecule has 1 atom stereocenters. The molecule has 5 heteroatoms. The van der Waals surface area contributed by atoms with Gasteiger partial charge in [0.25, 0.3) is 5.91 Å². The van der Waals surface area contributed by atoms with Crippen LogP contribution in [0.4, 0.5) is 0 Å². The SMILES string of the molecule is Cc1cc(C)c2[nH]c(C(=O)N(Cc3ccccn3)CC3CCCO3)c(C)c2c1. The van der Waals surface area contributed by atoms with Crippen LogP contribution in [0.5, 0.6) is 0 Å². The predicted molar refractivity (Wildman–Crippen MR) is 110 cm³/mol. The molecular weight excluding hydrogens is 350 g/mol. The molecule has 28 heavy (non-hydrogen) atoms. The van der Waals surface area contributed by atoms with E-state index in [0.717, 1.165) is 47.2 Å². The zero-order chi connectivity index (χ0) is 19.7. The van der Waals surface area contributed by atoms with Crippen molar-refractivity contribution in [1.82, 2.24) is 14.9 Å². The lowest BCUT2D eigenvalue weighted by molar-refractivity contribution is 0.0500. The van der Waals surface area contributed by atoms with Crippen LogP contribution in [0, 0.1) is 20.8 Å². The molecule has 1 unspecified atom stereocenters. The van der Waals surface area contributed by atoms with Crippen molar-refractivity contribution in [2.75, 3.05) is 13.2 Å². The number of fused-ring (bicyclic) bond motifs is 1. The lowest BCUT2D eigenvalue weighted by Gasteiger charge is -2.25. The van der Waals surface area contributed by atoms with E-state index in [-0.39, 0.29) is 12.0 Å². The Hall–Kier alpha value is -2.66. The van der Waals surface area contributed by atoms with Gasteiger partial charge in [0.1, 0.15) is 5.69 Å². The number of ether oxygens (including phenoxy) is 1. The summed E-state index contributed by atoms with van der Waals surface area (Å²) in [5.74, 6) is 0.00639. The Kier molecular flexibility index (Phi) is 5.18. The van der Waals surface area contributed by atoms with Crippen LogP contribution in [0.15, 0.2) is 36.5 Å². The van der Waals surface area contributed by atoms with Gasteiger partial charge in [-0.15, -0.1) is 0 Å². The maximum atomic E-state index is 13.5. The monoisotopic (exact) mass is 377 g/mol. The zero-order valence-corrected chi connectivity index (χ0v) is 16.8. The maximum Gasteiger partial charge on any atom is 0.271 e. The third-order valence-corrected chi connectivity index (χ3v) is 5.54. The predicted octanol–water partition coefficient (Wildman–Crippen LogP) is 4.31. The van der Waals surface area contributed by atoms with E-state index in [2.05, 4.69) is 35.9 Å². The summed E-state index contributed by atoms with van der Waals surface area (Å²) in [7, 11) is 0. The van der Waals surface area contributed by atoms with Crippen LogP contribution in [0.2, 0.25) is 0 Å². The summed E-state index contributed by atoms with van der Waals surface area (Å²) in [6, 6.07) is 10.1. The Morgan fingerprint density at radius 1 is 1.29 bits per heavy atom. The van der Waals surface area contributed by atoms with Gasteiger partial charge in [-0.1, -0.05) is 17.7 Å². The number of hydrogen-bond acceptors (Lipinski definition) is 3.